The van der Waals surface area contributed by atoms with Crippen molar-refractivity contribution in [3.63, 3.8) is 0 Å². The number of nitrogens with two attached hydrogens (primary N) is 2. The number of aliphatic imine (C=N–C) groups is 1. The Kier molecular flexibility index (Phi) is 3.10. The summed E-state index contributed by atoms with van der Waals surface area (Å²) in [7, 11) is 0. The van der Waals surface area contributed by atoms with Gasteiger partial charge in [-0.3, -0.25) is 0 Å². The number of rotatable bonds is 3. The lowest BCUT2D eigenvalue weighted by Gasteiger charge is -2.17. The van der Waals surface area contributed by atoms with E-state index in [0.29, 0.717) is 6.54 Å². The van der Waals surface area contributed by atoms with Crippen molar-refractivity contribution in [2.45, 2.75) is 6.54 Å². The van der Waals surface area contributed by atoms with Gasteiger partial charge in [0.15, 0.2) is 5.96 Å². The monoisotopic (exact) mass is 216 g/mol. The number of hydrogen-bond acceptors (Lipinski definition) is 2. The number of nitrogens with zero attached hydrogens (tertiary/aromatic N) is 2. The average molecular weight is 216 g/mol. The van der Waals surface area contributed by atoms with Crippen LogP contribution < -0.4 is 16.4 Å². The zero-order valence-corrected chi connectivity index (χ0v) is 9.13. The van der Waals surface area contributed by atoms with Crippen molar-refractivity contribution < 1.29 is 0 Å². The zero-order valence-electron chi connectivity index (χ0n) is 9.13. The highest BCUT2D eigenvalue weighted by Gasteiger charge is 2.06. The molecule has 16 heavy (non-hydrogen) atoms. The molecule has 1 aliphatic heterocycles. The Morgan fingerprint density at radius 2 is 1.75 bits per heavy atom. The number of anilines is 1. The van der Waals surface area contributed by atoms with E-state index in [9.17, 15) is 0 Å². The van der Waals surface area contributed by atoms with Crippen LogP contribution in [0.1, 0.15) is 5.56 Å². The van der Waals surface area contributed by atoms with Gasteiger partial charge in [-0.15, -0.1) is 0 Å². The van der Waals surface area contributed by atoms with Crippen LogP contribution in [0.2, 0.25) is 0 Å². The molecule has 0 amide bonds. The average Bonchev–Trinajstić information content (AvgIpc) is 2.80. The second kappa shape index (κ2) is 4.70. The summed E-state index contributed by atoms with van der Waals surface area (Å²) >= 11 is 0. The Hall–Kier alpha value is -1.97. The van der Waals surface area contributed by atoms with Crippen LogP contribution in [-0.4, -0.2) is 19.0 Å². The van der Waals surface area contributed by atoms with Crippen molar-refractivity contribution in [1.82, 2.24) is 0 Å². The van der Waals surface area contributed by atoms with Gasteiger partial charge in [-0.2, -0.15) is 0 Å². The van der Waals surface area contributed by atoms with E-state index in [1.165, 1.54) is 5.69 Å². The van der Waals surface area contributed by atoms with Crippen LogP contribution in [0.25, 0.3) is 0 Å². The Morgan fingerprint density at radius 3 is 2.31 bits per heavy atom. The Morgan fingerprint density at radius 1 is 1.12 bits per heavy atom. The maximum absolute atomic E-state index is 5.28. The molecule has 0 unspecified atom stereocenters. The number of benzene rings is 1. The van der Waals surface area contributed by atoms with E-state index in [1.807, 2.05) is 0 Å². The van der Waals surface area contributed by atoms with Gasteiger partial charge in [0, 0.05) is 18.8 Å². The lowest BCUT2D eigenvalue weighted by atomic mass is 10.2. The zero-order chi connectivity index (χ0) is 11.4. The van der Waals surface area contributed by atoms with Crippen molar-refractivity contribution in [3.8, 4) is 0 Å². The first-order valence-corrected chi connectivity index (χ1v) is 5.30. The molecule has 0 aromatic heterocycles. The van der Waals surface area contributed by atoms with Crippen LogP contribution in [-0.2, 0) is 6.54 Å². The maximum atomic E-state index is 5.28. The summed E-state index contributed by atoms with van der Waals surface area (Å²) < 4.78 is 0. The summed E-state index contributed by atoms with van der Waals surface area (Å²) in [5.41, 5.74) is 12.9. The number of guanidine groups is 1. The Balaban J connectivity index is 2.01. The van der Waals surface area contributed by atoms with Gasteiger partial charge < -0.3 is 16.4 Å². The van der Waals surface area contributed by atoms with Gasteiger partial charge in [0.2, 0.25) is 0 Å². The second-order valence-electron chi connectivity index (χ2n) is 3.78. The van der Waals surface area contributed by atoms with Crippen molar-refractivity contribution in [2.24, 2.45) is 16.5 Å². The lowest BCUT2D eigenvalue weighted by molar-refractivity contribution is 0.999. The van der Waals surface area contributed by atoms with E-state index in [2.05, 4.69) is 46.3 Å². The quantitative estimate of drug-likeness (QED) is 0.447. The standard InChI is InChI=1S/C12H16N4/c13-12(14)15-9-10-3-5-11(6-4-10)16-7-1-2-8-16/h1-6H,7-9H2,(H4,13,14,15). The normalized spacial score (nSPS) is 14.1. The molecule has 84 valence electrons. The van der Waals surface area contributed by atoms with Crippen LogP contribution >= 0.6 is 0 Å². The molecule has 2 rings (SSSR count). The fourth-order valence-corrected chi connectivity index (χ4v) is 1.68. The van der Waals surface area contributed by atoms with Gasteiger partial charge in [-0.25, -0.2) is 4.99 Å². The minimum Gasteiger partial charge on any atom is -0.370 e. The van der Waals surface area contributed by atoms with Crippen LogP contribution in [0.3, 0.4) is 0 Å². The summed E-state index contributed by atoms with van der Waals surface area (Å²) in [5.74, 6) is 0.132. The molecule has 0 radical (unpaired) electrons. The van der Waals surface area contributed by atoms with Crippen molar-refractivity contribution in [2.75, 3.05) is 18.0 Å². The van der Waals surface area contributed by atoms with Gasteiger partial charge >= 0.3 is 0 Å². The summed E-state index contributed by atoms with van der Waals surface area (Å²) in [5, 5.41) is 0. The van der Waals surface area contributed by atoms with Crippen molar-refractivity contribution in [3.05, 3.63) is 42.0 Å². The first-order valence-electron chi connectivity index (χ1n) is 5.30. The molecule has 0 bridgehead atoms. The third-order valence-electron chi connectivity index (χ3n) is 2.56. The van der Waals surface area contributed by atoms with Crippen molar-refractivity contribution in [1.29, 1.82) is 0 Å². The summed E-state index contributed by atoms with van der Waals surface area (Å²) in [4.78, 5) is 6.26. The summed E-state index contributed by atoms with van der Waals surface area (Å²) in [6, 6.07) is 8.31. The number of hydrogen-bond donors (Lipinski definition) is 2. The first-order chi connectivity index (χ1) is 7.75. The second-order valence-corrected chi connectivity index (χ2v) is 3.78. The molecular weight excluding hydrogens is 200 g/mol. The minimum absolute atomic E-state index is 0.132. The predicted octanol–water partition coefficient (Wildman–Crippen LogP) is 0.836. The lowest BCUT2D eigenvalue weighted by Crippen LogP contribution is -2.22. The molecular formula is C12H16N4. The van der Waals surface area contributed by atoms with E-state index in [1.54, 1.807) is 0 Å². The highest BCUT2D eigenvalue weighted by Crippen LogP contribution is 2.17. The van der Waals surface area contributed by atoms with Crippen LogP contribution in [0, 0.1) is 0 Å². The molecule has 0 aliphatic carbocycles. The van der Waals surface area contributed by atoms with Gasteiger partial charge in [0.05, 0.1) is 6.54 Å². The summed E-state index contributed by atoms with van der Waals surface area (Å²) in [6.45, 7) is 2.53. The molecule has 0 saturated heterocycles. The molecule has 4 heteroatoms. The molecule has 1 aliphatic rings. The molecule has 0 fully saturated rings. The highest BCUT2D eigenvalue weighted by atomic mass is 15.1. The Bertz CT molecular complexity index is 394. The molecule has 4 nitrogen and oxygen atoms in total. The fourth-order valence-electron chi connectivity index (χ4n) is 1.68. The van der Waals surface area contributed by atoms with Gasteiger partial charge in [0.1, 0.15) is 0 Å². The SMILES string of the molecule is NC(N)=NCc1ccc(N2CC=CC2)cc1. The van der Waals surface area contributed by atoms with E-state index in [4.69, 9.17) is 11.5 Å². The topological polar surface area (TPSA) is 67.6 Å². The third-order valence-corrected chi connectivity index (χ3v) is 2.56. The first kappa shape index (κ1) is 10.5. The Labute approximate surface area is 95.3 Å². The third kappa shape index (κ3) is 2.53. The molecule has 0 spiro atoms. The predicted molar refractivity (Wildman–Crippen MR) is 67.3 cm³/mol. The van der Waals surface area contributed by atoms with Crippen LogP contribution in [0.15, 0.2) is 41.4 Å². The van der Waals surface area contributed by atoms with E-state index in [0.717, 1.165) is 18.7 Å². The van der Waals surface area contributed by atoms with Crippen LogP contribution in [0.4, 0.5) is 5.69 Å². The fraction of sp³-hybridized carbons (Fsp3) is 0.250. The van der Waals surface area contributed by atoms with Crippen LogP contribution in [0.5, 0.6) is 0 Å². The minimum atomic E-state index is 0.132. The molecule has 0 atom stereocenters. The van der Waals surface area contributed by atoms with Gasteiger partial charge in [0.25, 0.3) is 0 Å². The smallest absolute Gasteiger partial charge is 0.186 e. The molecule has 1 aromatic rings. The van der Waals surface area contributed by atoms with Crippen molar-refractivity contribution >= 4 is 11.6 Å². The van der Waals surface area contributed by atoms with Gasteiger partial charge in [-0.1, -0.05) is 24.3 Å². The van der Waals surface area contributed by atoms with E-state index >= 15 is 0 Å². The largest absolute Gasteiger partial charge is 0.370 e. The summed E-state index contributed by atoms with van der Waals surface area (Å²) in [6.07, 6.45) is 4.35. The molecule has 1 heterocycles. The van der Waals surface area contributed by atoms with E-state index < -0.39 is 0 Å². The van der Waals surface area contributed by atoms with Gasteiger partial charge in [-0.05, 0) is 17.7 Å². The highest BCUT2D eigenvalue weighted by molar-refractivity contribution is 5.75. The van der Waals surface area contributed by atoms with E-state index in [-0.39, 0.29) is 5.96 Å². The molecule has 1 aromatic carbocycles. The maximum Gasteiger partial charge on any atom is 0.186 e. The molecule has 4 N–H and O–H groups in total. The molecule has 0 saturated carbocycles.